The molecule has 0 atom stereocenters. The second-order valence-corrected chi connectivity index (χ2v) is 19.8. The van der Waals surface area contributed by atoms with Gasteiger partial charge in [-0.2, -0.15) is 0 Å². The highest BCUT2D eigenvalue weighted by Crippen LogP contribution is 2.61. The summed E-state index contributed by atoms with van der Waals surface area (Å²) in [5.74, 6) is 0. The molecule has 0 fully saturated rings. The van der Waals surface area contributed by atoms with E-state index in [1.54, 1.807) is 50.3 Å². The highest BCUT2D eigenvalue weighted by molar-refractivity contribution is 7.80. The molecule has 0 aliphatic rings. The SMILES string of the molecule is CCCCCCCCCCCCCC[P+](CCCCCC)(CCCCCC)CCCCCC.CCCCCCCCOS(=O)(=O)[O-]. The molecule has 0 heterocycles. The van der Waals surface area contributed by atoms with Crippen LogP contribution in [-0.4, -0.2) is 44.2 Å². The Bertz CT molecular complexity index is 639. The second kappa shape index (κ2) is 38.1. The lowest BCUT2D eigenvalue weighted by Gasteiger charge is -2.28. The summed E-state index contributed by atoms with van der Waals surface area (Å²) in [6.07, 6.45) is 48.3. The van der Waals surface area contributed by atoms with Crippen molar-refractivity contribution in [3.63, 3.8) is 0 Å². The summed E-state index contributed by atoms with van der Waals surface area (Å²) in [6.45, 7) is 11.6. The van der Waals surface area contributed by atoms with Crippen molar-refractivity contribution in [2.24, 2.45) is 0 Å². The quantitative estimate of drug-likeness (QED) is 0.0284. The molecule has 0 spiro atoms. The van der Waals surface area contributed by atoms with Crippen LogP contribution in [0, 0.1) is 0 Å². The summed E-state index contributed by atoms with van der Waals surface area (Å²) in [6, 6.07) is 0. The molecule has 0 saturated heterocycles. The van der Waals surface area contributed by atoms with Gasteiger partial charge in [-0.15, -0.1) is 0 Å². The monoisotopic (exact) mass is 693 g/mol. The maximum absolute atomic E-state index is 9.99. The molecule has 0 unspecified atom stereocenters. The first-order valence-corrected chi connectivity index (χ1v) is 24.6. The molecular weight excluding hydrogens is 607 g/mol. The van der Waals surface area contributed by atoms with E-state index in [2.05, 4.69) is 38.8 Å². The average Bonchev–Trinajstić information content (AvgIpc) is 3.03. The van der Waals surface area contributed by atoms with Crippen LogP contribution in [0.25, 0.3) is 0 Å². The highest BCUT2D eigenvalue weighted by atomic mass is 32.3. The maximum atomic E-state index is 9.99. The van der Waals surface area contributed by atoms with Gasteiger partial charge in [0, 0.05) is 7.26 Å². The fourth-order valence-corrected chi connectivity index (χ4v) is 11.9. The Hall–Kier alpha value is 0.300. The van der Waals surface area contributed by atoms with Crippen molar-refractivity contribution in [3.8, 4) is 0 Å². The summed E-state index contributed by atoms with van der Waals surface area (Å²) < 4.78 is 34.0. The summed E-state index contributed by atoms with van der Waals surface area (Å²) in [4.78, 5) is 0. The topological polar surface area (TPSA) is 66.4 Å². The molecule has 0 radical (unpaired) electrons. The van der Waals surface area contributed by atoms with Crippen molar-refractivity contribution in [1.29, 1.82) is 0 Å². The molecule has 0 bridgehead atoms. The van der Waals surface area contributed by atoms with Crippen LogP contribution in [0.1, 0.15) is 227 Å². The van der Waals surface area contributed by atoms with Crippen LogP contribution in [0.2, 0.25) is 0 Å². The Morgan fingerprint density at radius 2 is 0.587 bits per heavy atom. The lowest BCUT2D eigenvalue weighted by atomic mass is 10.1. The summed E-state index contributed by atoms with van der Waals surface area (Å²) in [7, 11) is -5.17. The van der Waals surface area contributed by atoms with Crippen molar-refractivity contribution >= 4 is 17.7 Å². The Morgan fingerprint density at radius 3 is 0.848 bits per heavy atom. The van der Waals surface area contributed by atoms with Crippen molar-refractivity contribution < 1.29 is 17.2 Å². The normalized spacial score (nSPS) is 12.0. The third kappa shape index (κ3) is 38.7. The molecule has 46 heavy (non-hydrogen) atoms. The van der Waals surface area contributed by atoms with Gasteiger partial charge in [-0.3, -0.25) is 4.18 Å². The van der Waals surface area contributed by atoms with Crippen molar-refractivity contribution in [2.75, 3.05) is 31.3 Å². The number of unbranched alkanes of at least 4 members (excludes halogenated alkanes) is 25. The minimum Gasteiger partial charge on any atom is -0.726 e. The zero-order valence-corrected chi connectivity index (χ0v) is 33.9. The molecule has 4 nitrogen and oxygen atoms in total. The minimum atomic E-state index is -4.47. The van der Waals surface area contributed by atoms with Crippen LogP contribution in [-0.2, 0) is 14.6 Å². The van der Waals surface area contributed by atoms with Crippen LogP contribution < -0.4 is 0 Å². The molecule has 6 heteroatoms. The van der Waals surface area contributed by atoms with Crippen molar-refractivity contribution in [2.45, 2.75) is 227 Å². The third-order valence-corrected chi connectivity index (χ3v) is 15.2. The van der Waals surface area contributed by atoms with E-state index < -0.39 is 17.7 Å². The second-order valence-electron chi connectivity index (χ2n) is 14.3. The van der Waals surface area contributed by atoms with Crippen LogP contribution in [0.3, 0.4) is 0 Å². The molecule has 0 amide bonds. The van der Waals surface area contributed by atoms with Crippen molar-refractivity contribution in [1.82, 2.24) is 0 Å². The fourth-order valence-electron chi connectivity index (χ4n) is 6.62. The first-order chi connectivity index (χ1) is 22.3. The van der Waals surface area contributed by atoms with Gasteiger partial charge in [0.2, 0.25) is 10.4 Å². The largest absolute Gasteiger partial charge is 0.726 e. The van der Waals surface area contributed by atoms with E-state index in [0.717, 1.165) is 12.8 Å². The molecular formula is C40H85O4PS. The molecule has 0 aromatic carbocycles. The Balaban J connectivity index is 0. The van der Waals surface area contributed by atoms with E-state index in [-0.39, 0.29) is 6.61 Å². The Kier molecular flexibility index (Phi) is 40.1. The van der Waals surface area contributed by atoms with E-state index in [4.69, 9.17) is 0 Å². The summed E-state index contributed by atoms with van der Waals surface area (Å²) >= 11 is 0. The molecule has 280 valence electrons. The zero-order chi connectivity index (χ0) is 34.5. The maximum Gasteiger partial charge on any atom is 0.217 e. The summed E-state index contributed by atoms with van der Waals surface area (Å²) in [5.41, 5.74) is 0. The molecule has 0 aromatic heterocycles. The molecule has 0 aliphatic heterocycles. The smallest absolute Gasteiger partial charge is 0.217 e. The minimum absolute atomic E-state index is 0.0258. The molecule has 0 rings (SSSR count). The molecule has 0 N–H and O–H groups in total. The molecule has 0 aliphatic carbocycles. The van der Waals surface area contributed by atoms with Crippen LogP contribution in [0.4, 0.5) is 0 Å². The van der Waals surface area contributed by atoms with Crippen LogP contribution >= 0.6 is 7.26 Å². The van der Waals surface area contributed by atoms with Crippen LogP contribution in [0.5, 0.6) is 0 Å². The average molecular weight is 693 g/mol. The van der Waals surface area contributed by atoms with Gasteiger partial charge in [-0.05, 0) is 57.8 Å². The van der Waals surface area contributed by atoms with Crippen molar-refractivity contribution in [3.05, 3.63) is 0 Å². The van der Waals surface area contributed by atoms with Gasteiger partial charge < -0.3 is 4.55 Å². The van der Waals surface area contributed by atoms with E-state index in [1.165, 1.54) is 148 Å². The highest BCUT2D eigenvalue weighted by Gasteiger charge is 2.34. The summed E-state index contributed by atoms with van der Waals surface area (Å²) in [5, 5.41) is 0. The molecule has 0 aromatic rings. The van der Waals surface area contributed by atoms with Gasteiger partial charge in [0.1, 0.15) is 0 Å². The third-order valence-electron chi connectivity index (χ3n) is 9.67. The van der Waals surface area contributed by atoms with E-state index in [0.29, 0.717) is 6.42 Å². The lowest BCUT2D eigenvalue weighted by molar-refractivity contribution is 0.255. The van der Waals surface area contributed by atoms with Gasteiger partial charge in [0.25, 0.3) is 0 Å². The number of hydrogen-bond acceptors (Lipinski definition) is 4. The van der Waals surface area contributed by atoms with Gasteiger partial charge in [0.15, 0.2) is 0 Å². The number of rotatable bonds is 36. The first kappa shape index (κ1) is 48.4. The van der Waals surface area contributed by atoms with Gasteiger partial charge in [0.05, 0.1) is 31.3 Å². The zero-order valence-electron chi connectivity index (χ0n) is 32.2. The van der Waals surface area contributed by atoms with Gasteiger partial charge in [-0.25, -0.2) is 8.42 Å². The van der Waals surface area contributed by atoms with E-state index in [9.17, 15) is 13.0 Å². The van der Waals surface area contributed by atoms with Gasteiger partial charge >= 0.3 is 0 Å². The standard InChI is InChI=1S/C32H68P.C8H18O4S/c1-5-9-13-17-18-19-20-21-22-23-24-28-32-33(29-25-14-10-6-2,30-26-15-11-7-3)31-27-16-12-8-4;1-2-3-4-5-6-7-8-12-13(9,10)11/h5-32H2,1-4H3;2-8H2,1H3,(H,9,10,11)/q+1;/p-1. The van der Waals surface area contributed by atoms with Crippen LogP contribution in [0.15, 0.2) is 0 Å². The predicted molar refractivity (Wildman–Crippen MR) is 209 cm³/mol. The predicted octanol–water partition coefficient (Wildman–Crippen LogP) is 14.3. The van der Waals surface area contributed by atoms with Gasteiger partial charge in [-0.1, -0.05) is 169 Å². The number of hydrogen-bond donors (Lipinski definition) is 0. The Labute approximate surface area is 292 Å². The first-order valence-electron chi connectivity index (χ1n) is 20.8. The fraction of sp³-hybridized carbons (Fsp3) is 1.00. The van der Waals surface area contributed by atoms with E-state index >= 15 is 0 Å². The Morgan fingerprint density at radius 1 is 0.370 bits per heavy atom. The lowest BCUT2D eigenvalue weighted by Crippen LogP contribution is -2.13. The molecule has 0 saturated carbocycles. The van der Waals surface area contributed by atoms with E-state index in [1.807, 2.05) is 0 Å².